The van der Waals surface area contributed by atoms with E-state index in [2.05, 4.69) is 49.3 Å². The van der Waals surface area contributed by atoms with Crippen molar-refractivity contribution in [3.8, 4) is 17.3 Å². The molecule has 0 amide bonds. The van der Waals surface area contributed by atoms with Crippen LogP contribution in [-0.2, 0) is 25.6 Å². The van der Waals surface area contributed by atoms with Crippen LogP contribution in [0.5, 0.6) is 0 Å². The molecule has 264 valence electrons. The normalized spacial score (nSPS) is 20.1. The quantitative estimate of drug-likeness (QED) is 0.178. The lowest BCUT2D eigenvalue weighted by molar-refractivity contribution is -0.00552. The Labute approximate surface area is 291 Å². The van der Waals surface area contributed by atoms with Gasteiger partial charge in [0.05, 0.1) is 35.4 Å². The maximum Gasteiger partial charge on any atom is 0.510 e. The fourth-order valence-corrected chi connectivity index (χ4v) is 6.14. The number of aromatic nitrogens is 6. The van der Waals surface area contributed by atoms with Gasteiger partial charge in [-0.05, 0) is 82.7 Å². The Morgan fingerprint density at radius 3 is 2.71 bits per heavy atom. The molecule has 3 aromatic rings. The Bertz CT molecular complexity index is 1550. The highest BCUT2D eigenvalue weighted by molar-refractivity contribution is 6.33. The second-order valence-corrected chi connectivity index (χ2v) is 12.9. The van der Waals surface area contributed by atoms with Crippen LogP contribution in [0.4, 0.5) is 16.4 Å². The van der Waals surface area contributed by atoms with Gasteiger partial charge in [-0.3, -0.25) is 0 Å². The number of halogens is 1. The fourth-order valence-electron chi connectivity index (χ4n) is 5.94. The summed E-state index contributed by atoms with van der Waals surface area (Å²) in [6, 6.07) is 11.0. The van der Waals surface area contributed by atoms with Gasteiger partial charge >= 0.3 is 6.16 Å². The molecule has 2 aliphatic rings. The van der Waals surface area contributed by atoms with E-state index in [4.69, 9.17) is 35.5 Å². The lowest BCUT2D eigenvalue weighted by atomic mass is 9.82. The number of nitrogens with one attached hydrogen (secondary N) is 3. The molecule has 0 radical (unpaired) electrons. The molecule has 3 N–H and O–H groups in total. The van der Waals surface area contributed by atoms with Crippen LogP contribution in [0.15, 0.2) is 30.5 Å². The van der Waals surface area contributed by atoms with Crippen LogP contribution in [0, 0.1) is 16.7 Å². The van der Waals surface area contributed by atoms with Crippen LogP contribution in [0.3, 0.4) is 0 Å². The van der Waals surface area contributed by atoms with E-state index in [0.29, 0.717) is 61.9 Å². The fraction of sp³-hybridized carbons (Fsp3) is 0.606. The van der Waals surface area contributed by atoms with E-state index >= 15 is 0 Å². The Morgan fingerprint density at radius 1 is 1.18 bits per heavy atom. The molecule has 0 spiro atoms. The molecule has 4 heterocycles. The Hall–Kier alpha value is -4.10. The summed E-state index contributed by atoms with van der Waals surface area (Å²) in [6.45, 7) is 8.03. The van der Waals surface area contributed by atoms with Crippen molar-refractivity contribution in [1.29, 1.82) is 5.26 Å². The number of rotatable bonds is 15. The second-order valence-electron chi connectivity index (χ2n) is 12.5. The molecule has 2 fully saturated rings. The van der Waals surface area contributed by atoms with Crippen LogP contribution in [0.1, 0.15) is 71.3 Å². The van der Waals surface area contributed by atoms with E-state index in [1.807, 2.05) is 24.3 Å². The topological polar surface area (TPSA) is 183 Å². The van der Waals surface area contributed by atoms with E-state index < -0.39 is 17.8 Å². The molecule has 15 nitrogen and oxygen atoms in total. The van der Waals surface area contributed by atoms with Crippen LogP contribution in [-0.4, -0.2) is 87.4 Å². The highest BCUT2D eigenvalue weighted by atomic mass is 35.5. The van der Waals surface area contributed by atoms with Gasteiger partial charge in [-0.2, -0.15) is 5.26 Å². The standard InChI is InChI=1S/C33H45ClN10O5/c1-4-48-32(45)49-23(3)44-42-31(41-43-44)19-47-18-22(2)38-24-8-10-25(11-9-24)39-30-16-26(27(34)17-36-30)28-6-5-7-29(40-28)37-21-33(20-35)12-14-46-15-13-33/h5-7,16-17,22-25,38H,4,8-15,18-19,21H2,1-3H3,(H,36,39)(H,37,40)/t22?,23-,24?,25?/m0/s1. The average Bonchev–Trinajstić information content (AvgIpc) is 3.59. The van der Waals surface area contributed by atoms with Crippen LogP contribution in [0.2, 0.25) is 5.02 Å². The molecule has 1 saturated carbocycles. The molecule has 16 heteroatoms. The molecule has 2 atom stereocenters. The molecule has 0 aromatic carbocycles. The zero-order valence-corrected chi connectivity index (χ0v) is 29.0. The summed E-state index contributed by atoms with van der Waals surface area (Å²) in [4.78, 5) is 22.1. The monoisotopic (exact) mass is 696 g/mol. The first-order valence-corrected chi connectivity index (χ1v) is 17.2. The first-order chi connectivity index (χ1) is 23.8. The number of nitriles is 1. The number of anilines is 2. The van der Waals surface area contributed by atoms with Crippen molar-refractivity contribution in [3.05, 3.63) is 41.3 Å². The van der Waals surface area contributed by atoms with Crippen LogP contribution in [0.25, 0.3) is 11.3 Å². The third kappa shape index (κ3) is 10.4. The molecule has 1 unspecified atom stereocenters. The average molecular weight is 697 g/mol. The SMILES string of the molecule is CCOC(=O)O[C@@H](C)n1nnc(COCC(C)NC2CCC(Nc3cc(-c4cccc(NCC5(C#N)CCOCC5)n4)c(Cl)cn3)CC2)n1. The number of nitrogens with zero attached hydrogens (tertiary/aromatic N) is 7. The highest BCUT2D eigenvalue weighted by Crippen LogP contribution is 2.32. The summed E-state index contributed by atoms with van der Waals surface area (Å²) < 4.78 is 21.1. The summed E-state index contributed by atoms with van der Waals surface area (Å²) in [5, 5.41) is 33.1. The molecule has 1 saturated heterocycles. The Kier molecular flexibility index (Phi) is 12.9. The van der Waals surface area contributed by atoms with Gasteiger partial charge in [-0.15, -0.1) is 15.0 Å². The van der Waals surface area contributed by atoms with Gasteiger partial charge in [0.15, 0.2) is 0 Å². The summed E-state index contributed by atoms with van der Waals surface area (Å²) in [6.07, 6.45) is 5.56. The number of carbonyl (C=O) groups excluding carboxylic acids is 1. The van der Waals surface area contributed by atoms with Gasteiger partial charge < -0.3 is 34.9 Å². The van der Waals surface area contributed by atoms with Crippen molar-refractivity contribution in [2.75, 3.05) is 43.6 Å². The summed E-state index contributed by atoms with van der Waals surface area (Å²) in [5.74, 6) is 1.86. The zero-order chi connectivity index (χ0) is 34.6. The van der Waals surface area contributed by atoms with E-state index in [0.717, 1.165) is 42.8 Å². The van der Waals surface area contributed by atoms with Gasteiger partial charge in [0.2, 0.25) is 12.1 Å². The van der Waals surface area contributed by atoms with Gasteiger partial charge in [0, 0.05) is 49.6 Å². The summed E-state index contributed by atoms with van der Waals surface area (Å²) >= 11 is 6.59. The first-order valence-electron chi connectivity index (χ1n) is 16.8. The van der Waals surface area contributed by atoms with Crippen LogP contribution < -0.4 is 16.0 Å². The minimum Gasteiger partial charge on any atom is -0.435 e. The smallest absolute Gasteiger partial charge is 0.435 e. The third-order valence-corrected chi connectivity index (χ3v) is 9.00. The first kappa shape index (κ1) is 36.2. The Balaban J connectivity index is 1.04. The lowest BCUT2D eigenvalue weighted by Gasteiger charge is -2.32. The van der Waals surface area contributed by atoms with Crippen molar-refractivity contribution in [3.63, 3.8) is 0 Å². The molecule has 1 aliphatic carbocycles. The number of hydrogen-bond donors (Lipinski definition) is 3. The molecule has 0 bridgehead atoms. The van der Waals surface area contributed by atoms with Gasteiger partial charge in [-0.25, -0.2) is 14.8 Å². The maximum absolute atomic E-state index is 11.5. The number of carbonyl (C=O) groups is 1. The van der Waals surface area contributed by atoms with Gasteiger partial charge in [0.25, 0.3) is 0 Å². The molecule has 49 heavy (non-hydrogen) atoms. The Morgan fingerprint density at radius 2 is 1.96 bits per heavy atom. The molecule has 5 rings (SSSR count). The largest absolute Gasteiger partial charge is 0.510 e. The van der Waals surface area contributed by atoms with Crippen molar-refractivity contribution in [2.24, 2.45) is 5.41 Å². The predicted molar refractivity (Wildman–Crippen MR) is 182 cm³/mol. The van der Waals surface area contributed by atoms with Crippen molar-refractivity contribution in [2.45, 2.75) is 90.3 Å². The van der Waals surface area contributed by atoms with Crippen molar-refractivity contribution in [1.82, 2.24) is 35.5 Å². The molecule has 3 aromatic heterocycles. The maximum atomic E-state index is 11.5. The van der Waals surface area contributed by atoms with Crippen LogP contribution >= 0.6 is 11.6 Å². The van der Waals surface area contributed by atoms with Gasteiger partial charge in [-0.1, -0.05) is 17.7 Å². The summed E-state index contributed by atoms with van der Waals surface area (Å²) in [5.41, 5.74) is 1.08. The third-order valence-electron chi connectivity index (χ3n) is 8.70. The second kappa shape index (κ2) is 17.5. The van der Waals surface area contributed by atoms with Gasteiger partial charge in [0.1, 0.15) is 18.2 Å². The molecule has 1 aliphatic heterocycles. The van der Waals surface area contributed by atoms with E-state index in [1.54, 1.807) is 20.0 Å². The minimum atomic E-state index is -0.785. The van der Waals surface area contributed by atoms with E-state index in [-0.39, 0.29) is 25.3 Å². The number of hydrogen-bond acceptors (Lipinski definition) is 14. The molecular weight excluding hydrogens is 652 g/mol. The minimum absolute atomic E-state index is 0.135. The van der Waals surface area contributed by atoms with E-state index in [9.17, 15) is 10.1 Å². The number of pyridine rings is 2. The van der Waals surface area contributed by atoms with Crippen molar-refractivity contribution >= 4 is 29.4 Å². The number of ether oxygens (including phenoxy) is 4. The summed E-state index contributed by atoms with van der Waals surface area (Å²) in [7, 11) is 0. The van der Waals surface area contributed by atoms with E-state index in [1.165, 1.54) is 4.80 Å². The van der Waals surface area contributed by atoms with Crippen molar-refractivity contribution < 1.29 is 23.7 Å². The predicted octanol–water partition coefficient (Wildman–Crippen LogP) is 5.13. The molecular formula is C33H45ClN10O5. The highest BCUT2D eigenvalue weighted by Gasteiger charge is 2.32. The lowest BCUT2D eigenvalue weighted by Crippen LogP contribution is -2.43. The zero-order valence-electron chi connectivity index (χ0n) is 28.2. The number of tetrazole rings is 1.